The van der Waals surface area contributed by atoms with E-state index in [1.54, 1.807) is 35.2 Å². The molecule has 0 aliphatic carbocycles. The third-order valence-corrected chi connectivity index (χ3v) is 4.86. The molecule has 1 atom stereocenters. The van der Waals surface area contributed by atoms with E-state index in [0.717, 1.165) is 30.3 Å². The third kappa shape index (κ3) is 4.05. The average Bonchev–Trinajstić information content (AvgIpc) is 2.95. The second-order valence-electron chi connectivity index (χ2n) is 6.47. The Morgan fingerprint density at radius 1 is 0.923 bits per heavy atom. The SMILES string of the molecule is O=C(c1ccccc1)C(C(=O)N1CCCCCC1)n1cc(Cl)ccc1=O. The van der Waals surface area contributed by atoms with Crippen molar-refractivity contribution in [1.29, 1.82) is 0 Å². The highest BCUT2D eigenvalue weighted by atomic mass is 35.5. The predicted octanol–water partition coefficient (Wildman–Crippen LogP) is 3.33. The van der Waals surface area contributed by atoms with E-state index in [1.165, 1.54) is 18.3 Å². The van der Waals surface area contributed by atoms with Gasteiger partial charge in [0.1, 0.15) is 0 Å². The average molecular weight is 373 g/mol. The minimum absolute atomic E-state index is 0.305. The molecular formula is C20H21ClN2O3. The van der Waals surface area contributed by atoms with Gasteiger partial charge < -0.3 is 4.90 Å². The molecule has 3 rings (SSSR count). The normalized spacial score (nSPS) is 16.0. The molecule has 0 bridgehead atoms. The first-order valence-corrected chi connectivity index (χ1v) is 9.21. The lowest BCUT2D eigenvalue weighted by molar-refractivity contribution is -0.133. The summed E-state index contributed by atoms with van der Waals surface area (Å²) < 4.78 is 1.16. The van der Waals surface area contributed by atoms with Gasteiger partial charge in [-0.3, -0.25) is 19.0 Å². The number of rotatable bonds is 4. The standard InChI is InChI=1S/C20H21ClN2O3/c21-16-10-11-17(24)23(14-16)18(19(25)15-8-4-3-5-9-15)20(26)22-12-6-1-2-7-13-22/h3-5,8-11,14,18H,1-2,6-7,12-13H2. The minimum Gasteiger partial charge on any atom is -0.340 e. The second-order valence-corrected chi connectivity index (χ2v) is 6.90. The number of nitrogens with zero attached hydrogens (tertiary/aromatic N) is 2. The Bertz CT molecular complexity index is 840. The van der Waals surface area contributed by atoms with Crippen LogP contribution in [0.2, 0.25) is 5.02 Å². The maximum Gasteiger partial charge on any atom is 0.253 e. The molecule has 1 aliphatic heterocycles. The van der Waals surface area contributed by atoms with Gasteiger partial charge in [0.2, 0.25) is 0 Å². The van der Waals surface area contributed by atoms with Crippen LogP contribution in [0.1, 0.15) is 42.1 Å². The van der Waals surface area contributed by atoms with Gasteiger partial charge in [-0.15, -0.1) is 0 Å². The Balaban J connectivity index is 2.03. The molecule has 2 aromatic rings. The number of carbonyl (C=O) groups is 2. The van der Waals surface area contributed by atoms with E-state index in [2.05, 4.69) is 0 Å². The molecule has 136 valence electrons. The fourth-order valence-electron chi connectivity index (χ4n) is 3.26. The van der Waals surface area contributed by atoms with E-state index in [9.17, 15) is 14.4 Å². The lowest BCUT2D eigenvalue weighted by atomic mass is 10.0. The van der Waals surface area contributed by atoms with E-state index >= 15 is 0 Å². The van der Waals surface area contributed by atoms with Crippen LogP contribution < -0.4 is 5.56 Å². The summed E-state index contributed by atoms with van der Waals surface area (Å²) in [4.78, 5) is 40.4. The van der Waals surface area contributed by atoms with Crippen molar-refractivity contribution in [3.8, 4) is 0 Å². The van der Waals surface area contributed by atoms with Gasteiger partial charge in [-0.25, -0.2) is 0 Å². The maximum atomic E-state index is 13.2. The fourth-order valence-corrected chi connectivity index (χ4v) is 3.43. The molecule has 6 heteroatoms. The van der Waals surface area contributed by atoms with Crippen molar-refractivity contribution in [2.75, 3.05) is 13.1 Å². The molecule has 0 N–H and O–H groups in total. The monoisotopic (exact) mass is 372 g/mol. The number of Topliss-reactive ketones (excluding diaryl/α,β-unsaturated/α-hetero) is 1. The summed E-state index contributed by atoms with van der Waals surface area (Å²) in [5.41, 5.74) is -0.0283. The topological polar surface area (TPSA) is 59.4 Å². The first-order valence-electron chi connectivity index (χ1n) is 8.83. The van der Waals surface area contributed by atoms with Crippen molar-refractivity contribution in [2.24, 2.45) is 0 Å². The zero-order valence-electron chi connectivity index (χ0n) is 14.4. The zero-order chi connectivity index (χ0) is 18.5. The van der Waals surface area contributed by atoms with Crippen molar-refractivity contribution in [3.63, 3.8) is 0 Å². The van der Waals surface area contributed by atoms with E-state index in [-0.39, 0.29) is 5.91 Å². The Morgan fingerprint density at radius 3 is 2.23 bits per heavy atom. The number of likely N-dealkylation sites (tertiary alicyclic amines) is 1. The highest BCUT2D eigenvalue weighted by Crippen LogP contribution is 2.20. The highest BCUT2D eigenvalue weighted by molar-refractivity contribution is 6.30. The Morgan fingerprint density at radius 2 is 1.58 bits per heavy atom. The highest BCUT2D eigenvalue weighted by Gasteiger charge is 2.33. The maximum absolute atomic E-state index is 13.2. The van der Waals surface area contributed by atoms with Crippen LogP contribution in [0.25, 0.3) is 0 Å². The number of hydrogen-bond acceptors (Lipinski definition) is 3. The molecule has 26 heavy (non-hydrogen) atoms. The van der Waals surface area contributed by atoms with E-state index < -0.39 is 17.4 Å². The number of halogens is 1. The minimum atomic E-state index is -1.23. The van der Waals surface area contributed by atoms with Crippen molar-refractivity contribution < 1.29 is 9.59 Å². The smallest absolute Gasteiger partial charge is 0.253 e. The first-order chi connectivity index (χ1) is 12.6. The number of hydrogen-bond donors (Lipinski definition) is 0. The number of amides is 1. The molecule has 1 saturated heterocycles. The van der Waals surface area contributed by atoms with Crippen molar-refractivity contribution in [3.05, 3.63) is 69.6 Å². The molecule has 1 amide bonds. The van der Waals surface area contributed by atoms with Gasteiger partial charge in [0.05, 0.1) is 5.02 Å². The van der Waals surface area contributed by atoms with Crippen LogP contribution in [0.15, 0.2) is 53.5 Å². The summed E-state index contributed by atoms with van der Waals surface area (Å²) in [6.07, 6.45) is 5.31. The zero-order valence-corrected chi connectivity index (χ0v) is 15.2. The van der Waals surface area contributed by atoms with Gasteiger partial charge in [-0.05, 0) is 18.9 Å². The van der Waals surface area contributed by atoms with Gasteiger partial charge in [0.25, 0.3) is 11.5 Å². The molecule has 0 spiro atoms. The Hall–Kier alpha value is -2.40. The van der Waals surface area contributed by atoms with Crippen LogP contribution in [0.4, 0.5) is 0 Å². The summed E-state index contributed by atoms with van der Waals surface area (Å²) in [6.45, 7) is 1.21. The van der Waals surface area contributed by atoms with Gasteiger partial charge in [-0.2, -0.15) is 0 Å². The lowest BCUT2D eigenvalue weighted by Gasteiger charge is -2.26. The lowest BCUT2D eigenvalue weighted by Crippen LogP contribution is -2.44. The summed E-state index contributed by atoms with van der Waals surface area (Å²) in [5, 5.41) is 0.305. The Kier molecular flexibility index (Phi) is 5.89. The van der Waals surface area contributed by atoms with Crippen molar-refractivity contribution in [2.45, 2.75) is 31.7 Å². The van der Waals surface area contributed by atoms with Gasteiger partial charge >= 0.3 is 0 Å². The van der Waals surface area contributed by atoms with Crippen molar-refractivity contribution >= 4 is 23.3 Å². The van der Waals surface area contributed by atoms with Crippen LogP contribution in [0.3, 0.4) is 0 Å². The number of ketones is 1. The number of benzene rings is 1. The van der Waals surface area contributed by atoms with E-state index in [1.807, 2.05) is 0 Å². The molecule has 1 aliphatic rings. The molecule has 1 fully saturated rings. The van der Waals surface area contributed by atoms with Gasteiger partial charge in [0.15, 0.2) is 11.8 Å². The van der Waals surface area contributed by atoms with Crippen LogP contribution in [0.5, 0.6) is 0 Å². The molecular weight excluding hydrogens is 352 g/mol. The van der Waals surface area contributed by atoms with E-state index in [4.69, 9.17) is 11.6 Å². The van der Waals surface area contributed by atoms with Crippen LogP contribution in [0, 0.1) is 0 Å². The molecule has 0 radical (unpaired) electrons. The molecule has 1 unspecified atom stereocenters. The van der Waals surface area contributed by atoms with E-state index in [0.29, 0.717) is 23.7 Å². The predicted molar refractivity (Wildman–Crippen MR) is 101 cm³/mol. The van der Waals surface area contributed by atoms with Crippen LogP contribution in [-0.4, -0.2) is 34.2 Å². The van der Waals surface area contributed by atoms with Gasteiger partial charge in [0, 0.05) is 30.9 Å². The molecule has 1 aromatic carbocycles. The Labute approximate surface area is 157 Å². The summed E-state index contributed by atoms with van der Waals surface area (Å²) >= 11 is 6.03. The van der Waals surface area contributed by atoms with Crippen molar-refractivity contribution in [1.82, 2.24) is 9.47 Å². The largest absolute Gasteiger partial charge is 0.340 e. The summed E-state index contributed by atoms with van der Waals surface area (Å²) in [7, 11) is 0. The fraction of sp³-hybridized carbons (Fsp3) is 0.350. The van der Waals surface area contributed by atoms with Crippen LogP contribution in [-0.2, 0) is 4.79 Å². The molecule has 2 heterocycles. The van der Waals surface area contributed by atoms with Gasteiger partial charge in [-0.1, -0.05) is 54.8 Å². The molecule has 5 nitrogen and oxygen atoms in total. The first kappa shape index (κ1) is 18.4. The summed E-state index contributed by atoms with van der Waals surface area (Å²) in [5.74, 6) is -0.741. The number of aromatic nitrogens is 1. The summed E-state index contributed by atoms with van der Waals surface area (Å²) in [6, 6.07) is 10.1. The molecule has 0 saturated carbocycles. The second kappa shape index (κ2) is 8.32. The number of pyridine rings is 1. The third-order valence-electron chi connectivity index (χ3n) is 4.64. The van der Waals surface area contributed by atoms with Crippen LogP contribution >= 0.6 is 11.6 Å². The quantitative estimate of drug-likeness (QED) is 0.611. The molecule has 1 aromatic heterocycles. The number of carbonyl (C=O) groups excluding carboxylic acids is 2.